The molecule has 2 aromatic heterocycles. The molecule has 2 aromatic carbocycles. The second-order valence-electron chi connectivity index (χ2n) is 7.14. The van der Waals surface area contributed by atoms with E-state index in [1.807, 2.05) is 31.3 Å². The van der Waals surface area contributed by atoms with E-state index in [0.29, 0.717) is 13.2 Å². The highest BCUT2D eigenvalue weighted by atomic mass is 16.5. The van der Waals surface area contributed by atoms with Crippen LogP contribution >= 0.6 is 0 Å². The van der Waals surface area contributed by atoms with Crippen LogP contribution in [0.25, 0.3) is 33.1 Å². The molecule has 0 unspecified atom stereocenters. The summed E-state index contributed by atoms with van der Waals surface area (Å²) in [7, 11) is 2.03. The van der Waals surface area contributed by atoms with Gasteiger partial charge in [0, 0.05) is 12.4 Å². The third kappa shape index (κ3) is 3.26. The highest BCUT2D eigenvalue weighted by molar-refractivity contribution is 6.07. The van der Waals surface area contributed by atoms with Crippen LogP contribution in [0, 0.1) is 0 Å². The number of hydrogen-bond acceptors (Lipinski definition) is 4. The van der Waals surface area contributed by atoms with Gasteiger partial charge in [0.1, 0.15) is 28.0 Å². The van der Waals surface area contributed by atoms with Crippen molar-refractivity contribution < 1.29 is 9.47 Å². The standard InChI is InChI=1S/C23H27N3O2/c1-4-6-14-27-18-12-13-19(28-15-7-5-2)22-21(18)24-20-16-10-8-9-11-17(16)26(3)23(20)25-22/h8-13H,4-7,14-15H2,1-3H3. The van der Waals surface area contributed by atoms with Gasteiger partial charge in [0.15, 0.2) is 5.65 Å². The van der Waals surface area contributed by atoms with Crippen LogP contribution in [-0.4, -0.2) is 27.7 Å². The zero-order valence-corrected chi connectivity index (χ0v) is 16.9. The van der Waals surface area contributed by atoms with Gasteiger partial charge >= 0.3 is 0 Å². The third-order valence-corrected chi connectivity index (χ3v) is 5.08. The number of unbranched alkanes of at least 4 members (excludes halogenated alkanes) is 2. The van der Waals surface area contributed by atoms with Crippen molar-refractivity contribution in [1.29, 1.82) is 0 Å². The number of aryl methyl sites for hydroxylation is 1. The van der Waals surface area contributed by atoms with Crippen LogP contribution in [0.15, 0.2) is 36.4 Å². The molecule has 0 radical (unpaired) electrons. The second-order valence-corrected chi connectivity index (χ2v) is 7.14. The molecule has 5 heteroatoms. The van der Waals surface area contributed by atoms with Crippen molar-refractivity contribution >= 4 is 33.1 Å². The maximum atomic E-state index is 6.04. The summed E-state index contributed by atoms with van der Waals surface area (Å²) in [5, 5.41) is 1.10. The van der Waals surface area contributed by atoms with E-state index in [1.54, 1.807) is 0 Å². The van der Waals surface area contributed by atoms with Gasteiger partial charge in [-0.2, -0.15) is 0 Å². The predicted octanol–water partition coefficient (Wildman–Crippen LogP) is 5.63. The molecule has 0 bridgehead atoms. The fourth-order valence-electron chi connectivity index (χ4n) is 3.46. The van der Waals surface area contributed by atoms with E-state index in [9.17, 15) is 0 Å². The van der Waals surface area contributed by atoms with Gasteiger partial charge in [-0.1, -0.05) is 44.9 Å². The van der Waals surface area contributed by atoms with Crippen LogP contribution in [-0.2, 0) is 7.05 Å². The number of ether oxygens (including phenoxy) is 2. The SMILES string of the molecule is CCCCOc1ccc(OCCCC)c2nc3c(nc12)c1ccccc1n3C. The second kappa shape index (κ2) is 8.05. The number of benzene rings is 2. The third-order valence-electron chi connectivity index (χ3n) is 5.08. The Balaban J connectivity index is 1.92. The van der Waals surface area contributed by atoms with E-state index in [2.05, 4.69) is 30.5 Å². The van der Waals surface area contributed by atoms with Crippen molar-refractivity contribution in [3.63, 3.8) is 0 Å². The number of para-hydroxylation sites is 1. The van der Waals surface area contributed by atoms with Crippen molar-refractivity contribution in [2.45, 2.75) is 39.5 Å². The average molecular weight is 377 g/mol. The minimum absolute atomic E-state index is 0.677. The van der Waals surface area contributed by atoms with Crippen molar-refractivity contribution in [2.75, 3.05) is 13.2 Å². The van der Waals surface area contributed by atoms with Gasteiger partial charge in [0.05, 0.1) is 18.7 Å². The summed E-state index contributed by atoms with van der Waals surface area (Å²) in [6.07, 6.45) is 4.21. The highest BCUT2D eigenvalue weighted by Gasteiger charge is 2.17. The summed E-state index contributed by atoms with van der Waals surface area (Å²) < 4.78 is 14.2. The lowest BCUT2D eigenvalue weighted by atomic mass is 10.2. The molecule has 0 aliphatic carbocycles. The van der Waals surface area contributed by atoms with Crippen molar-refractivity contribution in [1.82, 2.24) is 14.5 Å². The smallest absolute Gasteiger partial charge is 0.160 e. The zero-order valence-electron chi connectivity index (χ0n) is 16.9. The Morgan fingerprint density at radius 2 is 1.39 bits per heavy atom. The molecule has 5 nitrogen and oxygen atoms in total. The molecule has 0 aliphatic heterocycles. The fraction of sp³-hybridized carbons (Fsp3) is 0.391. The van der Waals surface area contributed by atoms with Crippen LogP contribution in [0.3, 0.4) is 0 Å². The molecular weight excluding hydrogens is 350 g/mol. The lowest BCUT2D eigenvalue weighted by Gasteiger charge is -2.12. The molecule has 2 heterocycles. The van der Waals surface area contributed by atoms with Crippen LogP contribution in [0.5, 0.6) is 11.5 Å². The monoisotopic (exact) mass is 377 g/mol. The summed E-state index contributed by atoms with van der Waals surface area (Å²) in [5.41, 5.74) is 4.42. The number of aromatic nitrogens is 3. The Morgan fingerprint density at radius 1 is 0.786 bits per heavy atom. The van der Waals surface area contributed by atoms with Crippen molar-refractivity contribution in [3.05, 3.63) is 36.4 Å². The molecule has 0 saturated carbocycles. The Kier molecular flexibility index (Phi) is 5.33. The molecule has 28 heavy (non-hydrogen) atoms. The Hall–Kier alpha value is -2.82. The Labute approximate surface area is 165 Å². The molecule has 146 valence electrons. The summed E-state index contributed by atoms with van der Waals surface area (Å²) in [5.74, 6) is 1.54. The summed E-state index contributed by atoms with van der Waals surface area (Å²) in [4.78, 5) is 9.98. The molecule has 0 atom stereocenters. The van der Waals surface area contributed by atoms with E-state index in [0.717, 1.165) is 70.3 Å². The minimum atomic E-state index is 0.677. The predicted molar refractivity (Wildman–Crippen MR) is 114 cm³/mol. The van der Waals surface area contributed by atoms with Gasteiger partial charge in [-0.25, -0.2) is 9.97 Å². The molecule has 0 amide bonds. The van der Waals surface area contributed by atoms with E-state index < -0.39 is 0 Å². The van der Waals surface area contributed by atoms with Crippen LogP contribution in [0.4, 0.5) is 0 Å². The molecular formula is C23H27N3O2. The quantitative estimate of drug-likeness (QED) is 0.373. The van der Waals surface area contributed by atoms with Crippen molar-refractivity contribution in [2.24, 2.45) is 7.05 Å². The lowest BCUT2D eigenvalue weighted by Crippen LogP contribution is -2.02. The van der Waals surface area contributed by atoms with Crippen LogP contribution in [0.2, 0.25) is 0 Å². The van der Waals surface area contributed by atoms with E-state index in [4.69, 9.17) is 19.4 Å². The molecule has 0 spiro atoms. The first kappa shape index (κ1) is 18.5. The van der Waals surface area contributed by atoms with Crippen LogP contribution in [0.1, 0.15) is 39.5 Å². The van der Waals surface area contributed by atoms with Crippen molar-refractivity contribution in [3.8, 4) is 11.5 Å². The highest BCUT2D eigenvalue weighted by Crippen LogP contribution is 2.35. The Morgan fingerprint density at radius 3 is 2.04 bits per heavy atom. The van der Waals surface area contributed by atoms with Gasteiger partial charge in [0.2, 0.25) is 0 Å². The number of nitrogens with zero attached hydrogens (tertiary/aromatic N) is 3. The fourth-order valence-corrected chi connectivity index (χ4v) is 3.46. The number of hydrogen-bond donors (Lipinski definition) is 0. The van der Waals surface area contributed by atoms with Gasteiger partial charge in [-0.05, 0) is 31.0 Å². The lowest BCUT2D eigenvalue weighted by molar-refractivity contribution is 0.305. The number of rotatable bonds is 8. The maximum absolute atomic E-state index is 6.04. The van der Waals surface area contributed by atoms with Gasteiger partial charge in [-0.3, -0.25) is 0 Å². The maximum Gasteiger partial charge on any atom is 0.160 e. The molecule has 0 fully saturated rings. The summed E-state index contributed by atoms with van der Waals surface area (Å²) >= 11 is 0. The molecule has 0 aliphatic rings. The molecule has 0 N–H and O–H groups in total. The average Bonchev–Trinajstić information content (AvgIpc) is 3.00. The molecule has 4 rings (SSSR count). The van der Waals surface area contributed by atoms with Gasteiger partial charge < -0.3 is 14.0 Å². The van der Waals surface area contributed by atoms with Gasteiger partial charge in [-0.15, -0.1) is 0 Å². The molecule has 4 aromatic rings. The largest absolute Gasteiger partial charge is 0.491 e. The summed E-state index contributed by atoms with van der Waals surface area (Å²) in [6, 6.07) is 12.2. The zero-order chi connectivity index (χ0) is 19.5. The Bertz CT molecular complexity index is 1120. The van der Waals surface area contributed by atoms with E-state index in [-0.39, 0.29) is 0 Å². The van der Waals surface area contributed by atoms with E-state index >= 15 is 0 Å². The first-order chi connectivity index (χ1) is 13.7. The number of fused-ring (bicyclic) bond motifs is 4. The minimum Gasteiger partial charge on any atom is -0.491 e. The normalized spacial score (nSPS) is 11.5. The van der Waals surface area contributed by atoms with E-state index in [1.165, 1.54) is 0 Å². The first-order valence-corrected chi connectivity index (χ1v) is 10.2. The molecule has 0 saturated heterocycles. The summed E-state index contributed by atoms with van der Waals surface area (Å²) in [6.45, 7) is 5.67. The topological polar surface area (TPSA) is 49.2 Å². The van der Waals surface area contributed by atoms with Gasteiger partial charge in [0.25, 0.3) is 0 Å². The first-order valence-electron chi connectivity index (χ1n) is 10.2. The van der Waals surface area contributed by atoms with Crippen LogP contribution < -0.4 is 9.47 Å².